The number of aliphatic hydroxyl groups is 1. The van der Waals surface area contributed by atoms with E-state index in [2.05, 4.69) is 4.98 Å². The number of halogens is 1. The maximum Gasteiger partial charge on any atom is 0.338 e. The van der Waals surface area contributed by atoms with Gasteiger partial charge >= 0.3 is 5.97 Å². The Labute approximate surface area is 104 Å². The highest BCUT2D eigenvalue weighted by atomic mass is 19.1. The molecule has 0 bridgehead atoms. The zero-order chi connectivity index (χ0) is 13.3. The fourth-order valence-electron chi connectivity index (χ4n) is 2.19. The van der Waals surface area contributed by atoms with Crippen molar-refractivity contribution < 1.29 is 19.4 Å². The van der Waals surface area contributed by atoms with E-state index in [1.54, 1.807) is 11.8 Å². The highest BCUT2D eigenvalue weighted by Gasteiger charge is 2.29. The molecule has 1 aromatic rings. The number of hydrogen-bond acceptors (Lipinski definition) is 4. The molecule has 18 heavy (non-hydrogen) atoms. The van der Waals surface area contributed by atoms with Gasteiger partial charge in [0.25, 0.3) is 0 Å². The molecule has 5 nitrogen and oxygen atoms in total. The lowest BCUT2D eigenvalue weighted by Gasteiger charge is -2.19. The van der Waals surface area contributed by atoms with Crippen LogP contribution in [0.15, 0.2) is 12.3 Å². The first-order chi connectivity index (χ1) is 8.50. The number of nitrogens with zero attached hydrogens (tertiary/aromatic N) is 2. The standard InChI is InChI=1S/C12H15FN2O3/c1-7(16)8-3-5-15(6-8)11-10(13)9(12(17)18)2-4-14-11/h2,4,7-8,16H,3,5-6H2,1H3,(H,17,18). The van der Waals surface area contributed by atoms with Crippen molar-refractivity contribution in [1.29, 1.82) is 0 Å². The molecule has 0 aliphatic carbocycles. The number of aromatic nitrogens is 1. The van der Waals surface area contributed by atoms with E-state index < -0.39 is 17.9 Å². The van der Waals surface area contributed by atoms with Gasteiger partial charge in [-0.05, 0) is 19.4 Å². The van der Waals surface area contributed by atoms with Gasteiger partial charge in [0.15, 0.2) is 11.6 Å². The first kappa shape index (κ1) is 12.8. The fourth-order valence-corrected chi connectivity index (χ4v) is 2.19. The average Bonchev–Trinajstić information content (AvgIpc) is 2.78. The van der Waals surface area contributed by atoms with E-state index in [9.17, 15) is 14.3 Å². The number of carboxylic acids is 1. The molecule has 2 heterocycles. The Morgan fingerprint density at radius 2 is 2.39 bits per heavy atom. The van der Waals surface area contributed by atoms with E-state index in [1.807, 2.05) is 0 Å². The maximum absolute atomic E-state index is 14.0. The molecule has 2 rings (SSSR count). The van der Waals surface area contributed by atoms with Crippen molar-refractivity contribution in [2.75, 3.05) is 18.0 Å². The lowest BCUT2D eigenvalue weighted by atomic mass is 10.0. The number of hydrogen-bond donors (Lipinski definition) is 2. The average molecular weight is 254 g/mol. The molecule has 0 amide bonds. The first-order valence-electron chi connectivity index (χ1n) is 5.81. The summed E-state index contributed by atoms with van der Waals surface area (Å²) < 4.78 is 14.0. The van der Waals surface area contributed by atoms with Crippen LogP contribution in [0, 0.1) is 11.7 Å². The largest absolute Gasteiger partial charge is 0.478 e. The van der Waals surface area contributed by atoms with Crippen LogP contribution < -0.4 is 4.90 Å². The minimum absolute atomic E-state index is 0.0538. The molecule has 0 spiro atoms. The van der Waals surface area contributed by atoms with Gasteiger partial charge < -0.3 is 15.1 Å². The number of aromatic carboxylic acids is 1. The second-order valence-corrected chi connectivity index (χ2v) is 4.54. The van der Waals surface area contributed by atoms with Crippen molar-refractivity contribution in [3.63, 3.8) is 0 Å². The van der Waals surface area contributed by atoms with Gasteiger partial charge in [0, 0.05) is 25.2 Å². The van der Waals surface area contributed by atoms with Crippen molar-refractivity contribution in [2.45, 2.75) is 19.4 Å². The Balaban J connectivity index is 2.25. The summed E-state index contributed by atoms with van der Waals surface area (Å²) in [5, 5.41) is 18.3. The molecule has 1 aliphatic rings. The zero-order valence-corrected chi connectivity index (χ0v) is 10.0. The van der Waals surface area contributed by atoms with Crippen molar-refractivity contribution in [2.24, 2.45) is 5.92 Å². The van der Waals surface area contributed by atoms with Gasteiger partial charge in [0.2, 0.25) is 0 Å². The van der Waals surface area contributed by atoms with Gasteiger partial charge in [-0.1, -0.05) is 0 Å². The number of aliphatic hydroxyl groups excluding tert-OH is 1. The van der Waals surface area contributed by atoms with Crippen molar-refractivity contribution in [3.05, 3.63) is 23.6 Å². The monoisotopic (exact) mass is 254 g/mol. The molecule has 1 aromatic heterocycles. The van der Waals surface area contributed by atoms with Crippen LogP contribution in [0.1, 0.15) is 23.7 Å². The van der Waals surface area contributed by atoms with E-state index >= 15 is 0 Å². The van der Waals surface area contributed by atoms with Crippen molar-refractivity contribution >= 4 is 11.8 Å². The van der Waals surface area contributed by atoms with Gasteiger partial charge in [0.05, 0.1) is 6.10 Å². The second-order valence-electron chi connectivity index (χ2n) is 4.54. The Morgan fingerprint density at radius 1 is 1.67 bits per heavy atom. The summed E-state index contributed by atoms with van der Waals surface area (Å²) in [7, 11) is 0. The topological polar surface area (TPSA) is 73.7 Å². The minimum atomic E-state index is -1.30. The molecular formula is C12H15FN2O3. The van der Waals surface area contributed by atoms with E-state index in [0.29, 0.717) is 13.1 Å². The molecule has 2 atom stereocenters. The number of carboxylic acid groups (broad SMARTS) is 1. The zero-order valence-electron chi connectivity index (χ0n) is 10.0. The molecule has 1 aliphatic heterocycles. The van der Waals surface area contributed by atoms with E-state index in [0.717, 1.165) is 12.5 Å². The molecule has 2 N–H and O–H groups in total. The van der Waals surface area contributed by atoms with Crippen LogP contribution in [-0.4, -0.2) is 40.4 Å². The van der Waals surface area contributed by atoms with Gasteiger partial charge in [-0.2, -0.15) is 0 Å². The molecule has 1 fully saturated rings. The van der Waals surface area contributed by atoms with Crippen LogP contribution in [0.2, 0.25) is 0 Å². The number of carbonyl (C=O) groups is 1. The third kappa shape index (κ3) is 2.28. The first-order valence-corrected chi connectivity index (χ1v) is 5.81. The number of pyridine rings is 1. The second kappa shape index (κ2) is 4.89. The van der Waals surface area contributed by atoms with E-state index in [-0.39, 0.29) is 17.3 Å². The van der Waals surface area contributed by atoms with Crippen LogP contribution in [0.5, 0.6) is 0 Å². The fraction of sp³-hybridized carbons (Fsp3) is 0.500. The van der Waals surface area contributed by atoms with Gasteiger partial charge in [-0.3, -0.25) is 0 Å². The lowest BCUT2D eigenvalue weighted by molar-refractivity contribution is 0.0691. The van der Waals surface area contributed by atoms with Crippen LogP contribution in [-0.2, 0) is 0 Å². The summed E-state index contributed by atoms with van der Waals surface area (Å²) >= 11 is 0. The predicted octanol–water partition coefficient (Wildman–Crippen LogP) is 1.13. The van der Waals surface area contributed by atoms with Crippen LogP contribution in [0.25, 0.3) is 0 Å². The Morgan fingerprint density at radius 3 is 2.94 bits per heavy atom. The molecule has 1 saturated heterocycles. The molecule has 98 valence electrons. The lowest BCUT2D eigenvalue weighted by Crippen LogP contribution is -2.26. The Kier molecular flexibility index (Phi) is 3.47. The van der Waals surface area contributed by atoms with Crippen LogP contribution >= 0.6 is 0 Å². The maximum atomic E-state index is 14.0. The van der Waals surface area contributed by atoms with E-state index in [1.165, 1.54) is 6.20 Å². The molecule has 6 heteroatoms. The molecule has 0 saturated carbocycles. The summed E-state index contributed by atoms with van der Waals surface area (Å²) in [5.74, 6) is -1.99. The van der Waals surface area contributed by atoms with E-state index in [4.69, 9.17) is 5.11 Å². The van der Waals surface area contributed by atoms with Crippen molar-refractivity contribution in [3.8, 4) is 0 Å². The smallest absolute Gasteiger partial charge is 0.338 e. The number of rotatable bonds is 3. The van der Waals surface area contributed by atoms with Gasteiger partial charge in [-0.15, -0.1) is 0 Å². The van der Waals surface area contributed by atoms with Crippen LogP contribution in [0.4, 0.5) is 10.2 Å². The highest BCUT2D eigenvalue weighted by Crippen LogP contribution is 2.27. The SMILES string of the molecule is CC(O)C1CCN(c2nccc(C(=O)O)c2F)C1. The summed E-state index contributed by atoms with van der Waals surface area (Å²) in [6.45, 7) is 2.76. The molecular weight excluding hydrogens is 239 g/mol. The molecule has 0 radical (unpaired) electrons. The Hall–Kier alpha value is -1.69. The summed E-state index contributed by atoms with van der Waals surface area (Å²) in [5.41, 5.74) is -0.375. The number of anilines is 1. The summed E-state index contributed by atoms with van der Waals surface area (Å²) in [6.07, 6.45) is 1.58. The normalized spacial score (nSPS) is 21.1. The Bertz CT molecular complexity index is 465. The van der Waals surface area contributed by atoms with Crippen LogP contribution in [0.3, 0.4) is 0 Å². The van der Waals surface area contributed by atoms with Gasteiger partial charge in [0.1, 0.15) is 5.56 Å². The summed E-state index contributed by atoms with van der Waals surface area (Å²) in [6, 6.07) is 1.14. The third-order valence-electron chi connectivity index (χ3n) is 3.31. The van der Waals surface area contributed by atoms with Crippen molar-refractivity contribution in [1.82, 2.24) is 4.98 Å². The molecule has 2 unspecified atom stereocenters. The van der Waals surface area contributed by atoms with Gasteiger partial charge in [-0.25, -0.2) is 14.2 Å². The molecule has 0 aromatic carbocycles. The predicted molar refractivity (Wildman–Crippen MR) is 63.2 cm³/mol. The highest BCUT2D eigenvalue weighted by molar-refractivity contribution is 5.88. The third-order valence-corrected chi connectivity index (χ3v) is 3.31. The minimum Gasteiger partial charge on any atom is -0.478 e. The quantitative estimate of drug-likeness (QED) is 0.845. The summed E-state index contributed by atoms with van der Waals surface area (Å²) in [4.78, 5) is 16.4.